The fourth-order valence-corrected chi connectivity index (χ4v) is 6.85. The van der Waals surface area contributed by atoms with Crippen molar-refractivity contribution in [3.63, 3.8) is 0 Å². The Labute approximate surface area is 262 Å². The molecule has 0 spiro atoms. The normalized spacial score (nSPS) is 23.3. The van der Waals surface area contributed by atoms with Crippen molar-refractivity contribution in [2.45, 2.75) is 141 Å². The van der Waals surface area contributed by atoms with Crippen molar-refractivity contribution in [1.29, 1.82) is 0 Å². The summed E-state index contributed by atoms with van der Waals surface area (Å²) in [6.45, 7) is 23.1. The summed E-state index contributed by atoms with van der Waals surface area (Å²) in [5, 5.41) is 0.569. The average Bonchev–Trinajstić information content (AvgIpc) is 3.31. The number of hydrogen-bond acceptors (Lipinski definition) is 2. The van der Waals surface area contributed by atoms with Gasteiger partial charge in [-0.15, -0.1) is 11.1 Å². The van der Waals surface area contributed by atoms with Gasteiger partial charge in [-0.05, 0) is 61.3 Å². The van der Waals surface area contributed by atoms with Crippen molar-refractivity contribution in [3.8, 4) is 0 Å². The van der Waals surface area contributed by atoms with Crippen molar-refractivity contribution in [1.82, 2.24) is 0 Å². The third-order valence-electron chi connectivity index (χ3n) is 9.00. The first-order valence-corrected chi connectivity index (χ1v) is 19.4. The van der Waals surface area contributed by atoms with Crippen molar-refractivity contribution < 1.29 is 59.9 Å². The summed E-state index contributed by atoms with van der Waals surface area (Å²) >= 11 is 0. The molecular formula is C30H50Cl2O2Si2Zr. The molecule has 7 heteroatoms. The Balaban J connectivity index is 0.000000648. The Morgan fingerprint density at radius 3 is 1.22 bits per heavy atom. The van der Waals surface area contributed by atoms with Crippen LogP contribution in [0, 0.1) is 12.2 Å². The van der Waals surface area contributed by atoms with Gasteiger partial charge in [-0.1, -0.05) is 80.1 Å². The van der Waals surface area contributed by atoms with Crippen LogP contribution in [0.5, 0.6) is 0 Å². The SMILES string of the molecule is CC(C)(C)[Si](C)(C)O[C@@H]1[C-]=CC2=C1CCCC2.CC(C)(C)[Si](C)(C)O[C@H]1[C-]=CC2=C1CCCC2.[Cl-].[Cl-].[Zr+4]. The number of rotatable bonds is 4. The predicted molar refractivity (Wildman–Crippen MR) is 151 cm³/mol. The molecule has 0 aliphatic heterocycles. The van der Waals surface area contributed by atoms with Crippen LogP contribution in [0.15, 0.2) is 34.4 Å². The quantitative estimate of drug-likeness (QED) is 0.341. The van der Waals surface area contributed by atoms with Gasteiger partial charge in [0.15, 0.2) is 16.6 Å². The van der Waals surface area contributed by atoms with Crippen molar-refractivity contribution in [2.24, 2.45) is 0 Å². The first-order valence-electron chi connectivity index (χ1n) is 13.6. The van der Waals surface area contributed by atoms with Gasteiger partial charge in [0, 0.05) is 0 Å². The number of halogens is 2. The number of allylic oxidation sites excluding steroid dienone is 4. The van der Waals surface area contributed by atoms with Gasteiger partial charge in [0.05, 0.1) is 0 Å². The molecule has 2 atom stereocenters. The largest absolute Gasteiger partial charge is 4.00 e. The molecular weight excluding hydrogens is 611 g/mol. The summed E-state index contributed by atoms with van der Waals surface area (Å²) < 4.78 is 12.9. The summed E-state index contributed by atoms with van der Waals surface area (Å²) in [7, 11) is -3.33. The molecule has 0 radical (unpaired) electrons. The molecule has 0 unspecified atom stereocenters. The minimum Gasteiger partial charge on any atom is -1.00 e. The third-order valence-corrected chi connectivity index (χ3v) is 17.9. The molecule has 0 aromatic carbocycles. The Hall–Kier alpha value is 0.777. The average molecular weight is 661 g/mol. The second-order valence-electron chi connectivity index (χ2n) is 13.7. The molecule has 2 nitrogen and oxygen atoms in total. The molecule has 0 aromatic heterocycles. The van der Waals surface area contributed by atoms with E-state index in [-0.39, 0.29) is 73.3 Å². The van der Waals surface area contributed by atoms with E-state index in [2.05, 4.69) is 92.0 Å². The van der Waals surface area contributed by atoms with Gasteiger partial charge in [0.1, 0.15) is 0 Å². The molecule has 0 fully saturated rings. The van der Waals surface area contributed by atoms with E-state index in [0.29, 0.717) is 0 Å². The molecule has 208 valence electrons. The van der Waals surface area contributed by atoms with E-state index in [4.69, 9.17) is 8.85 Å². The van der Waals surface area contributed by atoms with Gasteiger partial charge in [0.25, 0.3) is 0 Å². The maximum Gasteiger partial charge on any atom is 4.00 e. The zero-order chi connectivity index (χ0) is 25.4. The van der Waals surface area contributed by atoms with Gasteiger partial charge < -0.3 is 33.7 Å². The van der Waals surface area contributed by atoms with Gasteiger partial charge in [-0.25, -0.2) is 24.3 Å². The van der Waals surface area contributed by atoms with Crippen LogP contribution >= 0.6 is 0 Å². The molecule has 4 aliphatic rings. The Morgan fingerprint density at radius 1 is 0.622 bits per heavy atom. The van der Waals surface area contributed by atoms with Crippen LogP contribution in [0.1, 0.15) is 92.9 Å². The zero-order valence-electron chi connectivity index (χ0n) is 25.0. The summed E-state index contributed by atoms with van der Waals surface area (Å²) in [5.41, 5.74) is 6.09. The van der Waals surface area contributed by atoms with E-state index >= 15 is 0 Å². The molecule has 0 saturated heterocycles. The monoisotopic (exact) mass is 658 g/mol. The first kappa shape index (κ1) is 37.8. The van der Waals surface area contributed by atoms with E-state index in [1.165, 1.54) is 73.7 Å². The van der Waals surface area contributed by atoms with Crippen LogP contribution in [-0.2, 0) is 35.1 Å². The summed E-state index contributed by atoms with van der Waals surface area (Å²) in [5.74, 6) is 0. The fourth-order valence-electron chi connectivity index (χ4n) is 4.54. The van der Waals surface area contributed by atoms with E-state index in [0.717, 1.165) is 0 Å². The van der Waals surface area contributed by atoms with Crippen LogP contribution in [0.4, 0.5) is 0 Å². The van der Waals surface area contributed by atoms with Gasteiger partial charge in [-0.3, -0.25) is 0 Å². The minimum atomic E-state index is -1.66. The van der Waals surface area contributed by atoms with Gasteiger partial charge in [0.2, 0.25) is 0 Å². The molecule has 4 rings (SSSR count). The Kier molecular flexibility index (Phi) is 14.9. The van der Waals surface area contributed by atoms with E-state index < -0.39 is 16.6 Å². The first-order chi connectivity index (χ1) is 15.6. The molecule has 4 aliphatic carbocycles. The zero-order valence-corrected chi connectivity index (χ0v) is 31.0. The molecule has 0 aromatic rings. The molecule has 0 saturated carbocycles. The second-order valence-corrected chi connectivity index (χ2v) is 23.2. The van der Waals surface area contributed by atoms with Crippen LogP contribution in [0.2, 0.25) is 36.3 Å². The van der Waals surface area contributed by atoms with Gasteiger partial charge in [-0.2, -0.15) is 11.1 Å². The summed E-state index contributed by atoms with van der Waals surface area (Å²) in [4.78, 5) is 0. The minimum absolute atomic E-state index is 0. The van der Waals surface area contributed by atoms with Crippen LogP contribution in [0.25, 0.3) is 0 Å². The van der Waals surface area contributed by atoms with Crippen molar-refractivity contribution in [3.05, 3.63) is 46.6 Å². The Bertz CT molecular complexity index is 805. The van der Waals surface area contributed by atoms with Crippen LogP contribution in [0.3, 0.4) is 0 Å². The third kappa shape index (κ3) is 9.40. The van der Waals surface area contributed by atoms with E-state index in [9.17, 15) is 0 Å². The molecule has 0 bridgehead atoms. The van der Waals surface area contributed by atoms with Crippen LogP contribution < -0.4 is 24.8 Å². The topological polar surface area (TPSA) is 18.5 Å². The summed E-state index contributed by atoms with van der Waals surface area (Å²) in [6.07, 6.45) is 21.8. The molecule has 0 amide bonds. The predicted octanol–water partition coefficient (Wildman–Crippen LogP) is 3.25. The molecule has 0 heterocycles. The van der Waals surface area contributed by atoms with E-state index in [1.54, 1.807) is 0 Å². The molecule has 37 heavy (non-hydrogen) atoms. The van der Waals surface area contributed by atoms with Crippen LogP contribution in [-0.4, -0.2) is 28.8 Å². The number of hydrogen-bond donors (Lipinski definition) is 0. The fraction of sp³-hybridized carbons (Fsp3) is 0.733. The van der Waals surface area contributed by atoms with E-state index in [1.807, 2.05) is 0 Å². The smallest absolute Gasteiger partial charge is 1.00 e. The maximum atomic E-state index is 6.47. The summed E-state index contributed by atoms with van der Waals surface area (Å²) in [6, 6.07) is 0. The molecule has 0 N–H and O–H groups in total. The van der Waals surface area contributed by atoms with Gasteiger partial charge >= 0.3 is 26.2 Å². The maximum absolute atomic E-state index is 6.47. The Morgan fingerprint density at radius 2 is 0.919 bits per heavy atom. The van der Waals surface area contributed by atoms with Crippen molar-refractivity contribution >= 4 is 16.6 Å². The standard InChI is InChI=1S/2C15H25OSi.2ClH.Zr/c2*1-15(2,3)17(4,5)16-14-11-10-12-8-6-7-9-13(12)14;;;/h2*10,14H,6-9H2,1-5H3;2*1H;/q2*-1;;;+4/p-2/t2*14-;;;/m10.../s1. The van der Waals surface area contributed by atoms with Crippen molar-refractivity contribution in [2.75, 3.05) is 0 Å². The second kappa shape index (κ2) is 14.6.